The van der Waals surface area contributed by atoms with E-state index in [0.717, 1.165) is 11.1 Å². The summed E-state index contributed by atoms with van der Waals surface area (Å²) in [5.74, 6) is -0.0399. The van der Waals surface area contributed by atoms with Gasteiger partial charge in [0.1, 0.15) is 6.61 Å². The number of rotatable bonds is 8. The lowest BCUT2D eigenvalue weighted by Crippen LogP contribution is -2.27. The van der Waals surface area contributed by atoms with Crippen LogP contribution in [0, 0.1) is 0 Å². The van der Waals surface area contributed by atoms with Crippen molar-refractivity contribution in [3.8, 4) is 11.5 Å². The maximum atomic E-state index is 13.1. The van der Waals surface area contributed by atoms with Crippen LogP contribution >= 0.6 is 35.6 Å². The molecule has 178 valence electrons. The number of methoxy groups -OCH3 is 1. The zero-order chi connectivity index (χ0) is 24.9. The summed E-state index contributed by atoms with van der Waals surface area (Å²) in [5.41, 5.74) is 2.97. The summed E-state index contributed by atoms with van der Waals surface area (Å²) in [6, 6.07) is 19.6. The van der Waals surface area contributed by atoms with Crippen molar-refractivity contribution in [3.05, 3.63) is 93.3 Å². The minimum Gasteiger partial charge on any atom is -0.493 e. The summed E-state index contributed by atoms with van der Waals surface area (Å²) in [5, 5.41) is 9.60. The van der Waals surface area contributed by atoms with Gasteiger partial charge in [-0.3, -0.25) is 14.5 Å². The van der Waals surface area contributed by atoms with Crippen molar-refractivity contribution < 1.29 is 24.2 Å². The highest BCUT2D eigenvalue weighted by Crippen LogP contribution is 2.37. The summed E-state index contributed by atoms with van der Waals surface area (Å²) in [7, 11) is 1.56. The third-order valence-electron chi connectivity index (χ3n) is 5.14. The summed E-state index contributed by atoms with van der Waals surface area (Å²) in [4.78, 5) is 25.9. The third kappa shape index (κ3) is 6.03. The van der Waals surface area contributed by atoms with Gasteiger partial charge in [0.05, 0.1) is 24.1 Å². The van der Waals surface area contributed by atoms with Crippen molar-refractivity contribution >= 4 is 63.5 Å². The van der Waals surface area contributed by atoms with Crippen molar-refractivity contribution in [3.63, 3.8) is 0 Å². The van der Waals surface area contributed by atoms with Gasteiger partial charge >= 0.3 is 5.97 Å². The Morgan fingerprint density at radius 1 is 1.06 bits per heavy atom. The van der Waals surface area contributed by atoms with Crippen LogP contribution in [0.15, 0.2) is 71.6 Å². The molecule has 1 N–H and O–H groups in total. The number of halogens is 1. The molecule has 0 atom stereocenters. The van der Waals surface area contributed by atoms with Crippen LogP contribution in [0.3, 0.4) is 0 Å². The van der Waals surface area contributed by atoms with E-state index in [-0.39, 0.29) is 12.3 Å². The second-order valence-corrected chi connectivity index (χ2v) is 9.69. The molecular formula is C26H20ClNO5S2. The molecule has 1 amide bonds. The largest absolute Gasteiger partial charge is 0.493 e. The van der Waals surface area contributed by atoms with Crippen LogP contribution in [-0.2, 0) is 22.6 Å². The monoisotopic (exact) mass is 525 g/mol. The fraction of sp³-hybridized carbons (Fsp3) is 0.115. The van der Waals surface area contributed by atoms with Crippen LogP contribution in [0.25, 0.3) is 6.08 Å². The van der Waals surface area contributed by atoms with E-state index in [0.29, 0.717) is 43.6 Å². The summed E-state index contributed by atoms with van der Waals surface area (Å²) in [6.45, 7) is 0.358. The van der Waals surface area contributed by atoms with Gasteiger partial charge in [0, 0.05) is 5.02 Å². The van der Waals surface area contributed by atoms with Gasteiger partial charge in [-0.2, -0.15) is 0 Å². The smallest absolute Gasteiger partial charge is 0.307 e. The number of carbonyl (C=O) groups excluding carboxylic acids is 1. The lowest BCUT2D eigenvalue weighted by atomic mass is 10.1. The maximum Gasteiger partial charge on any atom is 0.307 e. The quantitative estimate of drug-likeness (QED) is 0.287. The van der Waals surface area contributed by atoms with E-state index in [1.807, 2.05) is 18.2 Å². The van der Waals surface area contributed by atoms with Crippen molar-refractivity contribution in [2.75, 3.05) is 12.0 Å². The minimum absolute atomic E-state index is 0.0835. The number of carboxylic acid groups (broad SMARTS) is 1. The topological polar surface area (TPSA) is 76.1 Å². The Morgan fingerprint density at radius 2 is 1.74 bits per heavy atom. The number of anilines is 1. The summed E-state index contributed by atoms with van der Waals surface area (Å²) < 4.78 is 11.8. The number of carboxylic acids is 1. The van der Waals surface area contributed by atoms with E-state index in [1.165, 1.54) is 16.7 Å². The number of benzene rings is 3. The van der Waals surface area contributed by atoms with Crippen molar-refractivity contribution in [1.29, 1.82) is 0 Å². The van der Waals surface area contributed by atoms with Gasteiger partial charge < -0.3 is 14.6 Å². The molecule has 1 saturated heterocycles. The van der Waals surface area contributed by atoms with Crippen LogP contribution in [0.5, 0.6) is 11.5 Å². The lowest BCUT2D eigenvalue weighted by Gasteiger charge is -2.14. The van der Waals surface area contributed by atoms with Crippen LogP contribution in [0.2, 0.25) is 5.02 Å². The number of aliphatic carboxylic acids is 1. The van der Waals surface area contributed by atoms with Crippen molar-refractivity contribution in [2.24, 2.45) is 0 Å². The number of ether oxygens (including phenoxy) is 2. The first-order chi connectivity index (χ1) is 16.8. The van der Waals surface area contributed by atoms with Gasteiger partial charge in [-0.25, -0.2) is 0 Å². The molecule has 1 heterocycles. The Kier molecular flexibility index (Phi) is 7.75. The van der Waals surface area contributed by atoms with E-state index in [1.54, 1.807) is 61.7 Å². The molecule has 0 saturated carbocycles. The third-order valence-corrected chi connectivity index (χ3v) is 6.69. The van der Waals surface area contributed by atoms with Crippen LogP contribution in [0.1, 0.15) is 16.7 Å². The molecule has 1 fully saturated rings. The number of hydrogen-bond acceptors (Lipinski definition) is 6. The Bertz CT molecular complexity index is 1310. The molecule has 0 spiro atoms. The minimum atomic E-state index is -0.914. The number of thioether (sulfide) groups is 1. The molecule has 3 aromatic carbocycles. The first-order valence-corrected chi connectivity index (χ1v) is 12.1. The predicted octanol–water partition coefficient (Wildman–Crippen LogP) is 5.96. The van der Waals surface area contributed by atoms with Gasteiger partial charge in [-0.1, -0.05) is 65.9 Å². The number of carbonyl (C=O) groups is 2. The Morgan fingerprint density at radius 3 is 2.40 bits per heavy atom. The molecule has 3 aromatic rings. The van der Waals surface area contributed by atoms with E-state index in [2.05, 4.69) is 0 Å². The fourth-order valence-corrected chi connectivity index (χ4v) is 4.84. The molecule has 0 radical (unpaired) electrons. The molecule has 1 aliphatic rings. The molecule has 35 heavy (non-hydrogen) atoms. The zero-order valence-corrected chi connectivity index (χ0v) is 21.0. The second kappa shape index (κ2) is 10.9. The Balaban J connectivity index is 1.49. The Hall–Kier alpha value is -3.33. The number of thiocarbonyl (C=S) groups is 1. The van der Waals surface area contributed by atoms with E-state index in [9.17, 15) is 9.59 Å². The van der Waals surface area contributed by atoms with Crippen LogP contribution in [0.4, 0.5) is 5.69 Å². The first-order valence-electron chi connectivity index (χ1n) is 10.5. The summed E-state index contributed by atoms with van der Waals surface area (Å²) >= 11 is 12.6. The van der Waals surface area contributed by atoms with Gasteiger partial charge in [0.15, 0.2) is 15.8 Å². The summed E-state index contributed by atoms with van der Waals surface area (Å²) in [6.07, 6.45) is 1.67. The lowest BCUT2D eigenvalue weighted by molar-refractivity contribution is -0.136. The first kappa shape index (κ1) is 24.8. The van der Waals surface area contributed by atoms with Gasteiger partial charge in [0.25, 0.3) is 5.91 Å². The molecule has 0 aliphatic carbocycles. The van der Waals surface area contributed by atoms with Crippen LogP contribution < -0.4 is 14.4 Å². The molecule has 0 bridgehead atoms. The van der Waals surface area contributed by atoms with Crippen molar-refractivity contribution in [2.45, 2.75) is 13.0 Å². The highest BCUT2D eigenvalue weighted by atomic mass is 35.5. The molecule has 4 rings (SSSR count). The highest BCUT2D eigenvalue weighted by molar-refractivity contribution is 8.27. The normalized spacial score (nSPS) is 14.5. The molecule has 9 heteroatoms. The van der Waals surface area contributed by atoms with Crippen LogP contribution in [-0.4, -0.2) is 28.4 Å². The van der Waals surface area contributed by atoms with E-state index >= 15 is 0 Å². The fourth-order valence-electron chi connectivity index (χ4n) is 3.41. The Labute approximate surface area is 217 Å². The predicted molar refractivity (Wildman–Crippen MR) is 142 cm³/mol. The average Bonchev–Trinajstić information content (AvgIpc) is 3.11. The molecule has 1 aliphatic heterocycles. The average molecular weight is 526 g/mol. The van der Waals surface area contributed by atoms with Crippen molar-refractivity contribution in [1.82, 2.24) is 0 Å². The highest BCUT2D eigenvalue weighted by Gasteiger charge is 2.33. The zero-order valence-electron chi connectivity index (χ0n) is 18.6. The van der Waals surface area contributed by atoms with E-state index in [4.69, 9.17) is 38.4 Å². The standard InChI is InChI=1S/C26H20ClNO5S2/c1-32-22-12-18(6-11-21(22)33-15-17-2-7-19(27)8-3-17)13-23-25(31)28(26(34)35-23)20-9-4-16(5-10-20)14-24(29)30/h2-13H,14-15H2,1H3,(H,29,30)/b23-13-. The number of hydrogen-bond donors (Lipinski definition) is 1. The second-order valence-electron chi connectivity index (χ2n) is 7.58. The SMILES string of the molecule is COc1cc(/C=C2\SC(=S)N(c3ccc(CC(=O)O)cc3)C2=O)ccc1OCc1ccc(Cl)cc1. The number of amides is 1. The van der Waals surface area contributed by atoms with Gasteiger partial charge in [-0.15, -0.1) is 0 Å². The van der Waals surface area contributed by atoms with E-state index < -0.39 is 5.97 Å². The maximum absolute atomic E-state index is 13.1. The molecule has 0 aromatic heterocycles. The van der Waals surface area contributed by atoms with Gasteiger partial charge in [0.2, 0.25) is 0 Å². The molecule has 0 unspecified atom stereocenters. The molecular weight excluding hydrogens is 506 g/mol. The van der Waals surface area contributed by atoms with Gasteiger partial charge in [-0.05, 0) is 59.2 Å². The number of nitrogens with zero attached hydrogens (tertiary/aromatic N) is 1. The molecule has 6 nitrogen and oxygen atoms in total.